The van der Waals surface area contributed by atoms with Crippen LogP contribution < -0.4 is 10.6 Å². The van der Waals surface area contributed by atoms with Crippen molar-refractivity contribution in [1.82, 2.24) is 0 Å². The minimum Gasteiger partial charge on any atom is -0.462 e. The number of hydrogen-bond donors (Lipinski definition) is 2. The van der Waals surface area contributed by atoms with Crippen molar-refractivity contribution >= 4 is 45.8 Å². The number of carbonyl (C=O) groups is 4. The maximum absolute atomic E-state index is 12.8. The number of para-hydroxylation sites is 1. The van der Waals surface area contributed by atoms with Gasteiger partial charge in [0.25, 0.3) is 11.8 Å². The van der Waals surface area contributed by atoms with Gasteiger partial charge in [0, 0.05) is 5.69 Å². The van der Waals surface area contributed by atoms with E-state index in [1.165, 1.54) is 0 Å². The second-order valence-electron chi connectivity index (χ2n) is 7.17. The lowest BCUT2D eigenvalue weighted by atomic mass is 10.1. The molecular weight excluding hydrogens is 456 g/mol. The Bertz CT molecular complexity index is 1170. The standard InChI is InChI=1S/C25H24N2O6S/c1-3-32-25(31)21-16(2)22(23(30)26-18-12-8-5-9-13-18)34-24(21)27-19(28)15-33-20(29)14-17-10-6-4-7-11-17/h4-13H,3,14-15H2,1-2H3,(H,26,30)(H,27,28). The molecule has 0 aliphatic heterocycles. The van der Waals surface area contributed by atoms with Gasteiger partial charge in [0.2, 0.25) is 0 Å². The summed E-state index contributed by atoms with van der Waals surface area (Å²) in [5.74, 6) is -2.28. The van der Waals surface area contributed by atoms with Gasteiger partial charge in [-0.1, -0.05) is 48.5 Å². The number of carbonyl (C=O) groups excluding carboxylic acids is 4. The Balaban J connectivity index is 1.71. The van der Waals surface area contributed by atoms with Gasteiger partial charge < -0.3 is 20.1 Å². The zero-order valence-electron chi connectivity index (χ0n) is 18.8. The SMILES string of the molecule is CCOC(=O)c1c(NC(=O)COC(=O)Cc2ccccc2)sc(C(=O)Nc2ccccc2)c1C. The summed E-state index contributed by atoms with van der Waals surface area (Å²) in [4.78, 5) is 50.1. The quantitative estimate of drug-likeness (QED) is 0.444. The van der Waals surface area contributed by atoms with Crippen LogP contribution in [0.15, 0.2) is 60.7 Å². The van der Waals surface area contributed by atoms with Gasteiger partial charge in [0.05, 0.1) is 23.5 Å². The van der Waals surface area contributed by atoms with E-state index < -0.39 is 30.4 Å². The molecule has 0 unspecified atom stereocenters. The van der Waals surface area contributed by atoms with Gasteiger partial charge >= 0.3 is 11.9 Å². The van der Waals surface area contributed by atoms with E-state index in [2.05, 4.69) is 10.6 Å². The smallest absolute Gasteiger partial charge is 0.341 e. The highest BCUT2D eigenvalue weighted by atomic mass is 32.1. The summed E-state index contributed by atoms with van der Waals surface area (Å²) < 4.78 is 10.2. The molecule has 0 saturated carbocycles. The van der Waals surface area contributed by atoms with Crippen LogP contribution in [0.5, 0.6) is 0 Å². The number of thiophene rings is 1. The van der Waals surface area contributed by atoms with Crippen LogP contribution in [0.4, 0.5) is 10.7 Å². The molecule has 2 N–H and O–H groups in total. The monoisotopic (exact) mass is 480 g/mol. The van der Waals surface area contributed by atoms with Crippen LogP contribution in [0.25, 0.3) is 0 Å². The Labute approximate surface area is 200 Å². The van der Waals surface area contributed by atoms with E-state index in [-0.39, 0.29) is 28.5 Å². The highest BCUT2D eigenvalue weighted by Crippen LogP contribution is 2.34. The number of nitrogens with one attached hydrogen (secondary N) is 2. The van der Waals surface area contributed by atoms with Crippen LogP contribution in [0.2, 0.25) is 0 Å². The van der Waals surface area contributed by atoms with Gasteiger partial charge in [-0.2, -0.15) is 0 Å². The van der Waals surface area contributed by atoms with E-state index in [0.717, 1.165) is 16.9 Å². The second-order valence-corrected chi connectivity index (χ2v) is 8.19. The van der Waals surface area contributed by atoms with Gasteiger partial charge in [0.15, 0.2) is 6.61 Å². The summed E-state index contributed by atoms with van der Waals surface area (Å²) >= 11 is 0.948. The van der Waals surface area contributed by atoms with Gasteiger partial charge in [-0.3, -0.25) is 14.4 Å². The summed E-state index contributed by atoms with van der Waals surface area (Å²) in [6, 6.07) is 17.9. The number of rotatable bonds is 9. The number of anilines is 2. The molecule has 9 heteroatoms. The molecule has 0 atom stereocenters. The minimum atomic E-state index is -0.661. The molecule has 0 bridgehead atoms. The summed E-state index contributed by atoms with van der Waals surface area (Å²) in [5, 5.41) is 5.49. The average Bonchev–Trinajstić information content (AvgIpc) is 3.15. The first-order valence-corrected chi connectivity index (χ1v) is 11.4. The van der Waals surface area contributed by atoms with Crippen LogP contribution in [0.3, 0.4) is 0 Å². The Morgan fingerprint density at radius 3 is 2.18 bits per heavy atom. The Morgan fingerprint density at radius 1 is 0.882 bits per heavy atom. The highest BCUT2D eigenvalue weighted by molar-refractivity contribution is 7.19. The maximum atomic E-state index is 12.8. The van der Waals surface area contributed by atoms with Crippen molar-refractivity contribution in [2.24, 2.45) is 0 Å². The second kappa shape index (κ2) is 11.8. The van der Waals surface area contributed by atoms with Gasteiger partial charge in [0.1, 0.15) is 5.00 Å². The summed E-state index contributed by atoms with van der Waals surface area (Å²) in [5.41, 5.74) is 1.83. The molecule has 0 spiro atoms. The Hall–Kier alpha value is -3.98. The maximum Gasteiger partial charge on any atom is 0.341 e. The molecule has 34 heavy (non-hydrogen) atoms. The average molecular weight is 481 g/mol. The number of benzene rings is 2. The minimum absolute atomic E-state index is 0.0319. The lowest BCUT2D eigenvalue weighted by Crippen LogP contribution is -2.22. The van der Waals surface area contributed by atoms with Gasteiger partial charge in [-0.15, -0.1) is 11.3 Å². The third kappa shape index (κ3) is 6.52. The molecule has 0 fully saturated rings. The van der Waals surface area contributed by atoms with Crippen LogP contribution in [0.1, 0.15) is 38.1 Å². The van der Waals surface area contributed by atoms with Crippen LogP contribution in [-0.2, 0) is 25.5 Å². The summed E-state index contributed by atoms with van der Waals surface area (Å²) in [6.45, 7) is 2.87. The molecule has 1 heterocycles. The molecule has 0 radical (unpaired) electrons. The molecule has 8 nitrogen and oxygen atoms in total. The molecule has 2 amide bonds. The van der Waals surface area contributed by atoms with E-state index in [0.29, 0.717) is 11.3 Å². The fourth-order valence-corrected chi connectivity index (χ4v) is 4.21. The van der Waals surface area contributed by atoms with Crippen molar-refractivity contribution < 1.29 is 28.7 Å². The number of ether oxygens (including phenoxy) is 2. The Morgan fingerprint density at radius 2 is 1.53 bits per heavy atom. The number of amides is 2. The van der Waals surface area contributed by atoms with Crippen molar-refractivity contribution in [1.29, 1.82) is 0 Å². The van der Waals surface area contributed by atoms with E-state index in [1.807, 2.05) is 12.1 Å². The van der Waals surface area contributed by atoms with E-state index in [4.69, 9.17) is 9.47 Å². The van der Waals surface area contributed by atoms with Crippen molar-refractivity contribution in [2.75, 3.05) is 23.8 Å². The molecule has 1 aromatic heterocycles. The predicted molar refractivity (Wildman–Crippen MR) is 129 cm³/mol. The fourth-order valence-electron chi connectivity index (χ4n) is 3.10. The topological polar surface area (TPSA) is 111 Å². The third-order valence-electron chi connectivity index (χ3n) is 4.67. The molecule has 176 valence electrons. The number of hydrogen-bond acceptors (Lipinski definition) is 7. The van der Waals surface area contributed by atoms with Crippen LogP contribution >= 0.6 is 11.3 Å². The predicted octanol–water partition coefficient (Wildman–Crippen LogP) is 4.21. The van der Waals surface area contributed by atoms with Gasteiger partial charge in [-0.05, 0) is 37.1 Å². The first kappa shape index (κ1) is 24.7. The van der Waals surface area contributed by atoms with Crippen LogP contribution in [0, 0.1) is 6.92 Å². The zero-order valence-corrected chi connectivity index (χ0v) is 19.6. The molecule has 0 saturated heterocycles. The largest absolute Gasteiger partial charge is 0.462 e. The van der Waals surface area contributed by atoms with Crippen molar-refractivity contribution in [3.8, 4) is 0 Å². The lowest BCUT2D eigenvalue weighted by molar-refractivity contribution is -0.146. The first-order chi connectivity index (χ1) is 16.4. The van der Waals surface area contributed by atoms with E-state index in [1.54, 1.807) is 62.4 Å². The summed E-state index contributed by atoms with van der Waals surface area (Å²) in [6.07, 6.45) is 0.0319. The van der Waals surface area contributed by atoms with E-state index in [9.17, 15) is 19.2 Å². The first-order valence-electron chi connectivity index (χ1n) is 10.5. The molecule has 0 aliphatic carbocycles. The zero-order chi connectivity index (χ0) is 24.5. The van der Waals surface area contributed by atoms with E-state index >= 15 is 0 Å². The highest BCUT2D eigenvalue weighted by Gasteiger charge is 2.27. The third-order valence-corrected chi connectivity index (χ3v) is 5.88. The molecule has 3 aromatic rings. The molecule has 2 aromatic carbocycles. The lowest BCUT2D eigenvalue weighted by Gasteiger charge is -2.08. The van der Waals surface area contributed by atoms with Crippen molar-refractivity contribution in [3.63, 3.8) is 0 Å². The fraction of sp³-hybridized carbons (Fsp3) is 0.200. The molecule has 0 aliphatic rings. The Kier molecular flexibility index (Phi) is 8.53. The normalized spacial score (nSPS) is 10.3. The molecular formula is C25H24N2O6S. The van der Waals surface area contributed by atoms with Crippen LogP contribution in [-0.4, -0.2) is 37.0 Å². The molecule has 3 rings (SSSR count). The van der Waals surface area contributed by atoms with Crippen molar-refractivity contribution in [2.45, 2.75) is 20.3 Å². The van der Waals surface area contributed by atoms with Gasteiger partial charge in [-0.25, -0.2) is 4.79 Å². The summed E-state index contributed by atoms with van der Waals surface area (Å²) in [7, 11) is 0. The van der Waals surface area contributed by atoms with Crippen molar-refractivity contribution in [3.05, 3.63) is 82.2 Å². The number of esters is 2.